The van der Waals surface area contributed by atoms with E-state index in [0.717, 1.165) is 26.1 Å². The summed E-state index contributed by atoms with van der Waals surface area (Å²) >= 11 is 1.18. The highest BCUT2D eigenvalue weighted by molar-refractivity contribution is 7.91. The van der Waals surface area contributed by atoms with Gasteiger partial charge in [0.15, 0.2) is 0 Å². The Hall–Kier alpha value is -0.470. The van der Waals surface area contributed by atoms with Crippen molar-refractivity contribution in [3.8, 4) is 0 Å². The van der Waals surface area contributed by atoms with E-state index in [0.29, 0.717) is 22.9 Å². The smallest absolute Gasteiger partial charge is 0.252 e. The van der Waals surface area contributed by atoms with Crippen LogP contribution in [0.5, 0.6) is 0 Å². The summed E-state index contributed by atoms with van der Waals surface area (Å²) in [5.74, 6) is 0. The molecule has 7 heteroatoms. The molecule has 108 valence electrons. The maximum atomic E-state index is 12.4. The number of aliphatic hydroxyl groups is 1. The molecule has 1 aromatic heterocycles. The number of hydrogen-bond donors (Lipinski definition) is 1. The minimum atomic E-state index is -3.38. The van der Waals surface area contributed by atoms with Crippen molar-refractivity contribution < 1.29 is 13.5 Å². The molecule has 5 nitrogen and oxygen atoms in total. The van der Waals surface area contributed by atoms with E-state index in [1.165, 1.54) is 11.3 Å². The van der Waals surface area contributed by atoms with E-state index < -0.39 is 10.0 Å². The lowest BCUT2D eigenvalue weighted by molar-refractivity contribution is 0.189. The summed E-state index contributed by atoms with van der Waals surface area (Å²) in [6.45, 7) is 5.74. The van der Waals surface area contributed by atoms with Gasteiger partial charge in [-0.3, -0.25) is 0 Å². The monoisotopic (exact) mass is 304 g/mol. The number of nitrogens with zero attached hydrogens (tertiary/aromatic N) is 2. The molecule has 1 aliphatic heterocycles. The summed E-state index contributed by atoms with van der Waals surface area (Å²) in [6, 6.07) is 1.57. The lowest BCUT2D eigenvalue weighted by atomic mass is 10.3. The van der Waals surface area contributed by atoms with E-state index >= 15 is 0 Å². The normalized spacial score (nSPS) is 18.8. The molecule has 2 heterocycles. The summed E-state index contributed by atoms with van der Waals surface area (Å²) in [4.78, 5) is 2.29. The summed E-state index contributed by atoms with van der Waals surface area (Å²) < 4.78 is 26.7. The minimum absolute atomic E-state index is 0.115. The molecule has 1 N–H and O–H groups in total. The average Bonchev–Trinajstić information content (AvgIpc) is 2.89. The van der Waals surface area contributed by atoms with E-state index in [1.54, 1.807) is 15.8 Å². The van der Waals surface area contributed by atoms with Gasteiger partial charge in [0, 0.05) is 26.2 Å². The van der Waals surface area contributed by atoms with Crippen molar-refractivity contribution in [2.45, 2.75) is 24.2 Å². The molecule has 1 aliphatic rings. The highest BCUT2D eigenvalue weighted by Gasteiger charge is 2.29. The highest BCUT2D eigenvalue weighted by atomic mass is 32.2. The van der Waals surface area contributed by atoms with E-state index in [9.17, 15) is 8.42 Å². The molecule has 0 saturated carbocycles. The number of piperazine rings is 1. The Labute approximate surface area is 118 Å². The van der Waals surface area contributed by atoms with Crippen LogP contribution in [0.2, 0.25) is 0 Å². The molecule has 0 amide bonds. The van der Waals surface area contributed by atoms with Crippen molar-refractivity contribution in [1.29, 1.82) is 0 Å². The largest absolute Gasteiger partial charge is 0.392 e. The van der Waals surface area contributed by atoms with Crippen LogP contribution in [-0.2, 0) is 16.6 Å². The minimum Gasteiger partial charge on any atom is -0.392 e. The third-order valence-electron chi connectivity index (χ3n) is 3.28. The van der Waals surface area contributed by atoms with Crippen LogP contribution in [0.1, 0.15) is 18.9 Å². The van der Waals surface area contributed by atoms with E-state index in [-0.39, 0.29) is 6.61 Å². The number of thiophene rings is 1. The molecule has 0 radical (unpaired) electrons. The predicted molar refractivity (Wildman–Crippen MR) is 75.7 cm³/mol. The zero-order valence-electron chi connectivity index (χ0n) is 11.1. The quantitative estimate of drug-likeness (QED) is 0.880. The fraction of sp³-hybridized carbons (Fsp3) is 0.667. The van der Waals surface area contributed by atoms with Gasteiger partial charge < -0.3 is 10.0 Å². The van der Waals surface area contributed by atoms with Crippen LogP contribution in [0, 0.1) is 0 Å². The van der Waals surface area contributed by atoms with Gasteiger partial charge in [0.2, 0.25) is 0 Å². The molecular formula is C12H20N2O3S2. The van der Waals surface area contributed by atoms with Gasteiger partial charge in [0.1, 0.15) is 4.21 Å². The fourth-order valence-electron chi connectivity index (χ4n) is 2.21. The van der Waals surface area contributed by atoms with Gasteiger partial charge in [-0.25, -0.2) is 8.42 Å². The molecule has 1 saturated heterocycles. The van der Waals surface area contributed by atoms with Crippen LogP contribution in [-0.4, -0.2) is 55.5 Å². The van der Waals surface area contributed by atoms with E-state index in [1.807, 2.05) is 0 Å². The van der Waals surface area contributed by atoms with E-state index in [2.05, 4.69) is 11.8 Å². The van der Waals surface area contributed by atoms with Crippen molar-refractivity contribution in [1.82, 2.24) is 9.21 Å². The summed E-state index contributed by atoms with van der Waals surface area (Å²) in [6.07, 6.45) is 1.09. The number of sulfonamides is 1. The van der Waals surface area contributed by atoms with Gasteiger partial charge in [-0.1, -0.05) is 6.92 Å². The standard InChI is InChI=1S/C12H20N2O3S2/c1-2-3-13-4-6-14(7-5-13)19(16,17)12-8-11(9-15)10-18-12/h8,10,15H,2-7,9H2,1H3. The second-order valence-corrected chi connectivity index (χ2v) is 7.75. The average molecular weight is 304 g/mol. The molecule has 19 heavy (non-hydrogen) atoms. The van der Waals surface area contributed by atoms with Crippen LogP contribution >= 0.6 is 11.3 Å². The van der Waals surface area contributed by atoms with Crippen molar-refractivity contribution in [3.63, 3.8) is 0 Å². The Kier molecular flexibility index (Phi) is 4.97. The third kappa shape index (κ3) is 3.35. The topological polar surface area (TPSA) is 60.9 Å². The van der Waals surface area contributed by atoms with Crippen molar-refractivity contribution in [2.24, 2.45) is 0 Å². The SMILES string of the molecule is CCCN1CCN(S(=O)(=O)c2cc(CO)cs2)CC1. The van der Waals surface area contributed by atoms with Gasteiger partial charge in [-0.2, -0.15) is 4.31 Å². The zero-order valence-corrected chi connectivity index (χ0v) is 12.7. The Morgan fingerprint density at radius 1 is 1.32 bits per heavy atom. The fourth-order valence-corrected chi connectivity index (χ4v) is 4.98. The Morgan fingerprint density at radius 2 is 2.00 bits per heavy atom. The Morgan fingerprint density at radius 3 is 2.53 bits per heavy atom. The van der Waals surface area contributed by atoms with Crippen molar-refractivity contribution in [3.05, 3.63) is 17.0 Å². The second kappa shape index (κ2) is 6.32. The van der Waals surface area contributed by atoms with Crippen LogP contribution in [0.25, 0.3) is 0 Å². The summed E-state index contributed by atoms with van der Waals surface area (Å²) in [5, 5.41) is 10.7. The number of rotatable bonds is 5. The molecule has 0 unspecified atom stereocenters. The van der Waals surface area contributed by atoms with Crippen LogP contribution < -0.4 is 0 Å². The first-order valence-corrected chi connectivity index (χ1v) is 8.80. The van der Waals surface area contributed by atoms with Gasteiger partial charge in [0.25, 0.3) is 10.0 Å². The zero-order chi connectivity index (χ0) is 13.9. The van der Waals surface area contributed by atoms with Gasteiger partial charge in [-0.15, -0.1) is 11.3 Å². The molecular weight excluding hydrogens is 284 g/mol. The van der Waals surface area contributed by atoms with Crippen LogP contribution in [0.4, 0.5) is 0 Å². The molecule has 0 bridgehead atoms. The first-order valence-electron chi connectivity index (χ1n) is 6.48. The molecule has 0 atom stereocenters. The summed E-state index contributed by atoms with van der Waals surface area (Å²) in [7, 11) is -3.38. The lowest BCUT2D eigenvalue weighted by Crippen LogP contribution is -2.48. The predicted octanol–water partition coefficient (Wildman–Crippen LogP) is 0.957. The summed E-state index contributed by atoms with van der Waals surface area (Å²) in [5.41, 5.74) is 0.660. The van der Waals surface area contributed by atoms with Crippen molar-refractivity contribution in [2.75, 3.05) is 32.7 Å². The third-order valence-corrected chi connectivity index (χ3v) is 6.64. The highest BCUT2D eigenvalue weighted by Crippen LogP contribution is 2.24. The number of hydrogen-bond acceptors (Lipinski definition) is 5. The van der Waals surface area contributed by atoms with Gasteiger partial charge in [-0.05, 0) is 30.0 Å². The molecule has 0 spiro atoms. The lowest BCUT2D eigenvalue weighted by Gasteiger charge is -2.33. The Balaban J connectivity index is 2.05. The molecule has 1 aromatic rings. The first kappa shape index (κ1) is 14.9. The maximum Gasteiger partial charge on any atom is 0.252 e. The van der Waals surface area contributed by atoms with E-state index in [4.69, 9.17) is 5.11 Å². The van der Waals surface area contributed by atoms with Crippen molar-refractivity contribution >= 4 is 21.4 Å². The van der Waals surface area contributed by atoms with Crippen LogP contribution in [0.15, 0.2) is 15.7 Å². The first-order chi connectivity index (χ1) is 9.07. The molecule has 0 aromatic carbocycles. The molecule has 1 fully saturated rings. The van der Waals surface area contributed by atoms with Crippen LogP contribution in [0.3, 0.4) is 0 Å². The number of aliphatic hydroxyl groups excluding tert-OH is 1. The second-order valence-electron chi connectivity index (χ2n) is 4.68. The Bertz CT molecular complexity index is 505. The van der Waals surface area contributed by atoms with Gasteiger partial charge in [0.05, 0.1) is 6.61 Å². The maximum absolute atomic E-state index is 12.4. The van der Waals surface area contributed by atoms with Gasteiger partial charge >= 0.3 is 0 Å². The molecule has 2 rings (SSSR count). The molecule has 0 aliphatic carbocycles.